The zero-order chi connectivity index (χ0) is 17.1. The lowest BCUT2D eigenvalue weighted by Crippen LogP contribution is -2.54. The van der Waals surface area contributed by atoms with Crippen LogP contribution in [0.25, 0.3) is 0 Å². The number of hydrogen-bond donors (Lipinski definition) is 2. The van der Waals surface area contributed by atoms with Crippen LogP contribution in [0.2, 0.25) is 0 Å². The molecular weight excluding hydrogens is 300 g/mol. The van der Waals surface area contributed by atoms with Crippen molar-refractivity contribution < 1.29 is 15.0 Å². The highest BCUT2D eigenvalue weighted by molar-refractivity contribution is 5.81. The molecule has 0 aromatic carbocycles. The highest BCUT2D eigenvalue weighted by atomic mass is 16.4. The van der Waals surface area contributed by atoms with Crippen LogP contribution in [0, 0.1) is 28.6 Å². The summed E-state index contributed by atoms with van der Waals surface area (Å²) in [5.41, 5.74) is 2.39. The van der Waals surface area contributed by atoms with E-state index >= 15 is 0 Å². The van der Waals surface area contributed by atoms with Gasteiger partial charge < -0.3 is 10.2 Å². The predicted octanol–water partition coefficient (Wildman–Crippen LogP) is 4.10. The molecule has 4 aliphatic rings. The van der Waals surface area contributed by atoms with Crippen LogP contribution in [0.15, 0.2) is 35.5 Å². The van der Waals surface area contributed by atoms with Crippen LogP contribution in [0.3, 0.4) is 0 Å². The average Bonchev–Trinajstić information content (AvgIpc) is 2.82. The highest BCUT2D eigenvalue weighted by Gasteiger charge is 2.59. The van der Waals surface area contributed by atoms with Crippen LogP contribution in [0.1, 0.15) is 52.4 Å². The van der Waals surface area contributed by atoms with Gasteiger partial charge in [0, 0.05) is 6.08 Å². The molecule has 0 heterocycles. The van der Waals surface area contributed by atoms with Crippen molar-refractivity contribution in [1.29, 1.82) is 0 Å². The normalized spacial score (nSPS) is 48.5. The first-order valence-electron chi connectivity index (χ1n) is 9.35. The molecule has 4 aliphatic carbocycles. The summed E-state index contributed by atoms with van der Waals surface area (Å²) in [6.07, 6.45) is 13.9. The zero-order valence-corrected chi connectivity index (χ0v) is 14.7. The second-order valence-corrected chi connectivity index (χ2v) is 8.79. The third-order valence-electron chi connectivity index (χ3n) is 7.73. The summed E-state index contributed by atoms with van der Waals surface area (Å²) in [4.78, 5) is 11.2. The van der Waals surface area contributed by atoms with Gasteiger partial charge in [-0.25, -0.2) is 4.79 Å². The lowest BCUT2D eigenvalue weighted by molar-refractivity contribution is -0.131. The number of hydrogen-bond acceptors (Lipinski definition) is 2. The molecule has 0 spiro atoms. The Bertz CT molecular complexity index is 658. The van der Waals surface area contributed by atoms with Gasteiger partial charge in [0.15, 0.2) is 0 Å². The molecule has 0 amide bonds. The predicted molar refractivity (Wildman–Crippen MR) is 93.3 cm³/mol. The lowest BCUT2D eigenvalue weighted by Gasteiger charge is -2.58. The summed E-state index contributed by atoms with van der Waals surface area (Å²) < 4.78 is 0. The Morgan fingerprint density at radius 3 is 2.88 bits per heavy atom. The second-order valence-electron chi connectivity index (χ2n) is 8.79. The van der Waals surface area contributed by atoms with Crippen LogP contribution in [-0.4, -0.2) is 22.3 Å². The molecule has 0 aliphatic heterocycles. The molecule has 0 bridgehead atoms. The first kappa shape index (κ1) is 16.1. The minimum Gasteiger partial charge on any atom is -0.478 e. The number of carboxylic acids is 1. The number of carbonyl (C=O) groups is 1. The first-order valence-corrected chi connectivity index (χ1v) is 9.35. The minimum atomic E-state index is -0.848. The molecule has 130 valence electrons. The third-order valence-corrected chi connectivity index (χ3v) is 7.73. The van der Waals surface area contributed by atoms with Crippen LogP contribution >= 0.6 is 0 Å². The molecule has 0 aromatic rings. The van der Waals surface area contributed by atoms with E-state index in [0.29, 0.717) is 24.2 Å². The van der Waals surface area contributed by atoms with E-state index in [9.17, 15) is 15.0 Å². The number of aliphatic hydroxyl groups is 1. The van der Waals surface area contributed by atoms with E-state index < -0.39 is 5.97 Å². The summed E-state index contributed by atoms with van der Waals surface area (Å²) in [5, 5.41) is 20.4. The topological polar surface area (TPSA) is 57.5 Å². The Labute approximate surface area is 144 Å². The molecule has 2 fully saturated rings. The van der Waals surface area contributed by atoms with Gasteiger partial charge >= 0.3 is 5.97 Å². The summed E-state index contributed by atoms with van der Waals surface area (Å²) >= 11 is 0. The maximum atomic E-state index is 11.2. The summed E-state index contributed by atoms with van der Waals surface area (Å²) in [5.74, 6) is 0.430. The molecule has 2 saturated carbocycles. The molecule has 3 nitrogen and oxygen atoms in total. The molecule has 0 aromatic heterocycles. The van der Waals surface area contributed by atoms with E-state index in [-0.39, 0.29) is 16.9 Å². The standard InChI is InChI=1S/C21H28O3/c1-20-10-4-3-5-13(20)6-8-15-16-9-7-14(11-18(23)24)21(16,2)12-17(22)19(15)20/h3,5-6,11,15-17,19,22H,4,7-10,12H2,1-2H3,(H,23,24)/t15-,16-,17-,19+,20-,21+/m0/s1. The molecule has 0 radical (unpaired) electrons. The van der Waals surface area contributed by atoms with E-state index in [1.165, 1.54) is 11.6 Å². The van der Waals surface area contributed by atoms with Crippen molar-refractivity contribution in [2.45, 2.75) is 58.5 Å². The van der Waals surface area contributed by atoms with Gasteiger partial charge in [0.05, 0.1) is 6.10 Å². The molecule has 24 heavy (non-hydrogen) atoms. The van der Waals surface area contributed by atoms with Crippen molar-refractivity contribution in [3.05, 3.63) is 35.5 Å². The van der Waals surface area contributed by atoms with Crippen molar-refractivity contribution in [2.24, 2.45) is 28.6 Å². The van der Waals surface area contributed by atoms with Crippen LogP contribution < -0.4 is 0 Å². The Kier molecular flexibility index (Phi) is 3.58. The van der Waals surface area contributed by atoms with Gasteiger partial charge in [-0.2, -0.15) is 0 Å². The molecule has 2 N–H and O–H groups in total. The fourth-order valence-corrected chi connectivity index (χ4v) is 6.66. The Hall–Kier alpha value is -1.35. The monoisotopic (exact) mass is 328 g/mol. The maximum absolute atomic E-state index is 11.2. The van der Waals surface area contributed by atoms with Gasteiger partial charge in [0.2, 0.25) is 0 Å². The zero-order valence-electron chi connectivity index (χ0n) is 14.7. The van der Waals surface area contributed by atoms with E-state index in [4.69, 9.17) is 0 Å². The van der Waals surface area contributed by atoms with Crippen molar-refractivity contribution in [1.82, 2.24) is 0 Å². The first-order chi connectivity index (χ1) is 11.4. The molecular formula is C21H28O3. The lowest BCUT2D eigenvalue weighted by atomic mass is 9.47. The second kappa shape index (κ2) is 5.32. The quantitative estimate of drug-likeness (QED) is 0.713. The van der Waals surface area contributed by atoms with Crippen LogP contribution in [-0.2, 0) is 4.79 Å². The highest BCUT2D eigenvalue weighted by Crippen LogP contribution is 2.65. The number of allylic oxidation sites excluding steroid dienone is 5. The summed E-state index contributed by atoms with van der Waals surface area (Å²) in [6, 6.07) is 0. The van der Waals surface area contributed by atoms with Gasteiger partial charge in [-0.1, -0.05) is 37.6 Å². The molecule has 6 atom stereocenters. The largest absolute Gasteiger partial charge is 0.478 e. The van der Waals surface area contributed by atoms with Crippen LogP contribution in [0.5, 0.6) is 0 Å². The van der Waals surface area contributed by atoms with Crippen molar-refractivity contribution in [3.63, 3.8) is 0 Å². The molecule has 4 rings (SSSR count). The van der Waals surface area contributed by atoms with E-state index in [1.807, 2.05) is 0 Å². The Morgan fingerprint density at radius 2 is 2.12 bits per heavy atom. The van der Waals surface area contributed by atoms with Gasteiger partial charge in [-0.3, -0.25) is 0 Å². The van der Waals surface area contributed by atoms with Gasteiger partial charge in [0.1, 0.15) is 0 Å². The summed E-state index contributed by atoms with van der Waals surface area (Å²) in [6.45, 7) is 4.54. The van der Waals surface area contributed by atoms with Gasteiger partial charge in [-0.05, 0) is 72.7 Å². The van der Waals surface area contributed by atoms with Gasteiger partial charge in [0.25, 0.3) is 0 Å². The Balaban J connectivity index is 1.75. The van der Waals surface area contributed by atoms with Crippen LogP contribution in [0.4, 0.5) is 0 Å². The fraction of sp³-hybridized carbons (Fsp3) is 0.667. The smallest absolute Gasteiger partial charge is 0.328 e. The number of fused-ring (bicyclic) bond motifs is 5. The van der Waals surface area contributed by atoms with E-state index in [2.05, 4.69) is 32.1 Å². The number of aliphatic carboxylic acids is 1. The maximum Gasteiger partial charge on any atom is 0.328 e. The van der Waals surface area contributed by atoms with Crippen molar-refractivity contribution in [3.8, 4) is 0 Å². The molecule has 3 heteroatoms. The van der Waals surface area contributed by atoms with Crippen molar-refractivity contribution in [2.75, 3.05) is 0 Å². The number of rotatable bonds is 1. The molecule has 0 unspecified atom stereocenters. The van der Waals surface area contributed by atoms with Gasteiger partial charge in [-0.15, -0.1) is 0 Å². The van der Waals surface area contributed by atoms with Crippen molar-refractivity contribution >= 4 is 5.97 Å². The average molecular weight is 328 g/mol. The number of aliphatic hydroxyl groups excluding tert-OH is 1. The minimum absolute atomic E-state index is 0.0810. The van der Waals surface area contributed by atoms with E-state index in [1.54, 1.807) is 0 Å². The SMILES string of the molecule is C[C@]12CCC=CC1=CC[C@@H]1[C@@H]2[C@@H](O)C[C@]2(C)C(=CC(=O)O)CC[C@@H]12. The summed E-state index contributed by atoms with van der Waals surface area (Å²) in [7, 11) is 0. The third kappa shape index (κ3) is 2.10. The molecule has 0 saturated heterocycles. The fourth-order valence-electron chi connectivity index (χ4n) is 6.66. The Morgan fingerprint density at radius 1 is 1.33 bits per heavy atom. The number of carboxylic acid groups (broad SMARTS) is 1. The van der Waals surface area contributed by atoms with E-state index in [0.717, 1.165) is 37.7 Å².